The van der Waals surface area contributed by atoms with Crippen LogP contribution >= 0.6 is 0 Å². The number of aryl methyl sites for hydroxylation is 1. The van der Waals surface area contributed by atoms with E-state index in [0.717, 1.165) is 38.8 Å². The van der Waals surface area contributed by atoms with Crippen molar-refractivity contribution in [3.8, 4) is 0 Å². The molecule has 0 spiro atoms. The van der Waals surface area contributed by atoms with Gasteiger partial charge in [-0.1, -0.05) is 56.0 Å². The van der Waals surface area contributed by atoms with Crippen molar-refractivity contribution in [3.63, 3.8) is 0 Å². The van der Waals surface area contributed by atoms with Crippen LogP contribution in [0, 0.1) is 6.92 Å². The maximum absolute atomic E-state index is 13.4. The lowest BCUT2D eigenvalue weighted by Gasteiger charge is -2.39. The SMILES string of the molecule is CCN(CC(=O)N(C1CCCCC1)C1CCS(=O)(=O)C1)Cc1cccc(C)c1. The van der Waals surface area contributed by atoms with Gasteiger partial charge in [0.2, 0.25) is 5.91 Å². The summed E-state index contributed by atoms with van der Waals surface area (Å²) in [6.45, 7) is 6.05. The molecule has 2 aliphatic rings. The van der Waals surface area contributed by atoms with Crippen LogP contribution in [0.1, 0.15) is 56.6 Å². The number of carbonyl (C=O) groups is 1. The van der Waals surface area contributed by atoms with E-state index in [1.807, 2.05) is 4.90 Å². The number of rotatable bonds is 7. The molecule has 28 heavy (non-hydrogen) atoms. The van der Waals surface area contributed by atoms with E-state index >= 15 is 0 Å². The van der Waals surface area contributed by atoms with Gasteiger partial charge >= 0.3 is 0 Å². The number of carbonyl (C=O) groups excluding carboxylic acids is 1. The average Bonchev–Trinajstić information content (AvgIpc) is 3.01. The summed E-state index contributed by atoms with van der Waals surface area (Å²) in [6, 6.07) is 8.46. The van der Waals surface area contributed by atoms with Gasteiger partial charge in [-0.3, -0.25) is 9.69 Å². The van der Waals surface area contributed by atoms with Crippen molar-refractivity contribution in [1.29, 1.82) is 0 Å². The molecule has 1 amide bonds. The molecule has 0 bridgehead atoms. The number of nitrogens with zero attached hydrogens (tertiary/aromatic N) is 2. The molecule has 1 saturated carbocycles. The topological polar surface area (TPSA) is 57.7 Å². The minimum atomic E-state index is -3.01. The first-order valence-corrected chi connectivity index (χ1v) is 12.5. The van der Waals surface area contributed by atoms with Crippen LogP contribution in [0.5, 0.6) is 0 Å². The van der Waals surface area contributed by atoms with Crippen LogP contribution in [-0.4, -0.2) is 60.8 Å². The molecule has 3 rings (SSSR count). The first-order chi connectivity index (χ1) is 13.4. The van der Waals surface area contributed by atoms with Crippen LogP contribution in [0.3, 0.4) is 0 Å². The van der Waals surface area contributed by atoms with Gasteiger partial charge in [-0.2, -0.15) is 0 Å². The van der Waals surface area contributed by atoms with Gasteiger partial charge in [0.25, 0.3) is 0 Å². The zero-order chi connectivity index (χ0) is 20.1. The minimum Gasteiger partial charge on any atom is -0.335 e. The minimum absolute atomic E-state index is 0.100. The number of likely N-dealkylation sites (N-methyl/N-ethyl adjacent to an activating group) is 1. The number of benzene rings is 1. The van der Waals surface area contributed by atoms with Crippen LogP contribution < -0.4 is 0 Å². The Labute approximate surface area is 170 Å². The van der Waals surface area contributed by atoms with E-state index in [0.29, 0.717) is 13.0 Å². The summed E-state index contributed by atoms with van der Waals surface area (Å²) in [5.41, 5.74) is 2.43. The maximum atomic E-state index is 13.4. The fourth-order valence-corrected chi connectivity index (χ4v) is 6.39. The van der Waals surface area contributed by atoms with Crippen LogP contribution in [0.25, 0.3) is 0 Å². The third-order valence-corrected chi connectivity index (χ3v) is 7.90. The van der Waals surface area contributed by atoms with Gasteiger partial charge in [0.05, 0.1) is 18.1 Å². The highest BCUT2D eigenvalue weighted by Crippen LogP contribution is 2.28. The normalized spacial score (nSPS) is 22.5. The van der Waals surface area contributed by atoms with Crippen LogP contribution in [0.15, 0.2) is 24.3 Å². The fourth-order valence-electron chi connectivity index (χ4n) is 4.68. The molecule has 1 aliphatic heterocycles. The van der Waals surface area contributed by atoms with Crippen molar-refractivity contribution in [2.24, 2.45) is 0 Å². The molecule has 1 unspecified atom stereocenters. The molecule has 0 radical (unpaired) electrons. The third kappa shape index (κ3) is 5.57. The van der Waals surface area contributed by atoms with E-state index in [-0.39, 0.29) is 29.5 Å². The largest absolute Gasteiger partial charge is 0.335 e. The first kappa shape index (κ1) is 21.3. The summed E-state index contributed by atoms with van der Waals surface area (Å²) in [5, 5.41) is 0. The van der Waals surface area contributed by atoms with E-state index in [9.17, 15) is 13.2 Å². The molecule has 1 heterocycles. The molecule has 1 saturated heterocycles. The second-order valence-electron chi connectivity index (χ2n) is 8.44. The third-order valence-electron chi connectivity index (χ3n) is 6.15. The van der Waals surface area contributed by atoms with Gasteiger partial charge < -0.3 is 4.90 Å². The van der Waals surface area contributed by atoms with Crippen molar-refractivity contribution in [1.82, 2.24) is 9.80 Å². The fraction of sp³-hybridized carbons (Fsp3) is 0.682. The summed E-state index contributed by atoms with van der Waals surface area (Å²) in [7, 11) is -3.01. The zero-order valence-electron chi connectivity index (χ0n) is 17.3. The predicted octanol–water partition coefficient (Wildman–Crippen LogP) is 3.17. The Bertz CT molecular complexity index is 772. The Morgan fingerprint density at radius 3 is 2.46 bits per heavy atom. The van der Waals surface area contributed by atoms with Gasteiger partial charge in [0.15, 0.2) is 9.84 Å². The molecule has 6 heteroatoms. The molecule has 2 fully saturated rings. The maximum Gasteiger partial charge on any atom is 0.237 e. The van der Waals surface area contributed by atoms with Crippen LogP contribution in [-0.2, 0) is 21.2 Å². The van der Waals surface area contributed by atoms with Crippen molar-refractivity contribution < 1.29 is 13.2 Å². The Kier molecular flexibility index (Phi) is 7.15. The highest BCUT2D eigenvalue weighted by molar-refractivity contribution is 7.91. The zero-order valence-corrected chi connectivity index (χ0v) is 18.1. The molecule has 0 aromatic heterocycles. The highest BCUT2D eigenvalue weighted by atomic mass is 32.2. The summed E-state index contributed by atoms with van der Waals surface area (Å²) >= 11 is 0. The van der Waals surface area contributed by atoms with E-state index in [1.165, 1.54) is 17.5 Å². The van der Waals surface area contributed by atoms with E-state index in [4.69, 9.17) is 0 Å². The molecule has 156 valence electrons. The van der Waals surface area contributed by atoms with Gasteiger partial charge in [0.1, 0.15) is 0 Å². The van der Waals surface area contributed by atoms with Gasteiger partial charge in [-0.15, -0.1) is 0 Å². The molecule has 1 aromatic rings. The lowest BCUT2D eigenvalue weighted by molar-refractivity contribution is -0.137. The quantitative estimate of drug-likeness (QED) is 0.698. The standard InChI is InChI=1S/C22H34N2O3S/c1-3-23(15-19-9-7-8-18(2)14-19)16-22(25)24(20-10-5-4-6-11-20)21-12-13-28(26,27)17-21/h7-9,14,20-21H,3-6,10-13,15-17H2,1-2H3. The molecule has 1 aliphatic carbocycles. The lowest BCUT2D eigenvalue weighted by atomic mass is 9.92. The molecular weight excluding hydrogens is 372 g/mol. The Morgan fingerprint density at radius 2 is 1.86 bits per heavy atom. The molecular formula is C22H34N2O3S. The van der Waals surface area contributed by atoms with Crippen molar-refractivity contribution in [2.75, 3.05) is 24.6 Å². The van der Waals surface area contributed by atoms with Crippen molar-refractivity contribution in [3.05, 3.63) is 35.4 Å². The lowest BCUT2D eigenvalue weighted by Crippen LogP contribution is -2.51. The second kappa shape index (κ2) is 9.40. The number of amides is 1. The molecule has 1 atom stereocenters. The molecule has 5 nitrogen and oxygen atoms in total. The number of sulfone groups is 1. The van der Waals surface area contributed by atoms with Gasteiger partial charge in [-0.05, 0) is 38.3 Å². The average molecular weight is 407 g/mol. The van der Waals surface area contributed by atoms with Crippen molar-refractivity contribution >= 4 is 15.7 Å². The summed E-state index contributed by atoms with van der Waals surface area (Å²) in [6.07, 6.45) is 6.09. The number of hydrogen-bond acceptors (Lipinski definition) is 4. The van der Waals surface area contributed by atoms with Crippen LogP contribution in [0.4, 0.5) is 0 Å². The summed E-state index contributed by atoms with van der Waals surface area (Å²) < 4.78 is 24.1. The van der Waals surface area contributed by atoms with Crippen molar-refractivity contribution in [2.45, 2.75) is 71.0 Å². The summed E-state index contributed by atoms with van der Waals surface area (Å²) in [4.78, 5) is 17.5. The van der Waals surface area contributed by atoms with Gasteiger partial charge in [0, 0.05) is 18.6 Å². The Morgan fingerprint density at radius 1 is 1.11 bits per heavy atom. The highest BCUT2D eigenvalue weighted by Gasteiger charge is 2.38. The second-order valence-corrected chi connectivity index (χ2v) is 10.7. The Balaban J connectivity index is 1.72. The van der Waals surface area contributed by atoms with Gasteiger partial charge in [-0.25, -0.2) is 8.42 Å². The first-order valence-electron chi connectivity index (χ1n) is 10.7. The number of hydrogen-bond donors (Lipinski definition) is 0. The van der Waals surface area contributed by atoms with E-state index in [2.05, 4.69) is 43.0 Å². The van der Waals surface area contributed by atoms with E-state index < -0.39 is 9.84 Å². The van der Waals surface area contributed by atoms with Crippen LogP contribution in [0.2, 0.25) is 0 Å². The smallest absolute Gasteiger partial charge is 0.237 e. The van der Waals surface area contributed by atoms with E-state index in [1.54, 1.807) is 0 Å². The molecule has 0 N–H and O–H groups in total. The monoisotopic (exact) mass is 406 g/mol. The summed E-state index contributed by atoms with van der Waals surface area (Å²) in [5.74, 6) is 0.456. The Hall–Kier alpha value is -1.40. The predicted molar refractivity (Wildman–Crippen MR) is 113 cm³/mol. The molecule has 1 aromatic carbocycles.